The Morgan fingerprint density at radius 3 is 2.13 bits per heavy atom. The molecule has 0 radical (unpaired) electrons. The van der Waals surface area contributed by atoms with E-state index in [1.807, 2.05) is 19.1 Å². The van der Waals surface area contributed by atoms with Crippen LogP contribution in [0.15, 0.2) is 91.3 Å². The average Bonchev–Trinajstić information content (AvgIpc) is 3.81. The van der Waals surface area contributed by atoms with Crippen molar-refractivity contribution in [3.8, 4) is 5.88 Å². The van der Waals surface area contributed by atoms with Crippen LogP contribution in [-0.2, 0) is 39.0 Å². The minimum Gasteiger partial charge on any atom is -0.461 e. The van der Waals surface area contributed by atoms with Crippen molar-refractivity contribution in [1.82, 2.24) is 19.5 Å². The second-order valence-corrected chi connectivity index (χ2v) is 13.5. The number of aryl methyl sites for hydroxylation is 1. The van der Waals surface area contributed by atoms with Crippen LogP contribution in [0.1, 0.15) is 43.6 Å². The number of hydrogen-bond acceptors (Lipinski definition) is 13. The van der Waals surface area contributed by atoms with Gasteiger partial charge >= 0.3 is 18.0 Å². The molecule has 16 nitrogen and oxygen atoms in total. The van der Waals surface area contributed by atoms with Gasteiger partial charge in [-0.1, -0.05) is 54.1 Å². The molecular formula is C39H38N6O10. The number of carbonyl (C=O) groups is 4. The lowest BCUT2D eigenvalue weighted by molar-refractivity contribution is -0.245. The van der Waals surface area contributed by atoms with Crippen molar-refractivity contribution >= 4 is 52.4 Å². The van der Waals surface area contributed by atoms with Gasteiger partial charge in [0, 0.05) is 13.8 Å². The molecule has 2 saturated heterocycles. The summed E-state index contributed by atoms with van der Waals surface area (Å²) in [4.78, 5) is 66.6. The van der Waals surface area contributed by atoms with Crippen LogP contribution >= 0.6 is 0 Å². The van der Waals surface area contributed by atoms with Gasteiger partial charge < -0.3 is 28.4 Å². The molecule has 3 aromatic carbocycles. The van der Waals surface area contributed by atoms with Gasteiger partial charge in [-0.15, -0.1) is 0 Å². The fourth-order valence-electron chi connectivity index (χ4n) is 6.53. The van der Waals surface area contributed by atoms with Gasteiger partial charge in [0.15, 0.2) is 17.0 Å². The number of imidazole rings is 1. The molecule has 2 aromatic heterocycles. The molecule has 284 valence electrons. The van der Waals surface area contributed by atoms with E-state index in [9.17, 15) is 19.2 Å². The molecule has 5 aromatic rings. The van der Waals surface area contributed by atoms with Crippen LogP contribution in [0, 0.1) is 6.92 Å². The molecule has 2 fully saturated rings. The van der Waals surface area contributed by atoms with Gasteiger partial charge in [0.2, 0.25) is 17.6 Å². The number of amides is 2. The summed E-state index contributed by atoms with van der Waals surface area (Å²) in [7, 11) is 0. The van der Waals surface area contributed by atoms with Crippen molar-refractivity contribution < 1.29 is 47.6 Å². The second-order valence-electron chi connectivity index (χ2n) is 13.5. The number of fused-ring (bicyclic) bond motifs is 2. The van der Waals surface area contributed by atoms with Crippen LogP contribution in [0.5, 0.6) is 5.88 Å². The van der Waals surface area contributed by atoms with Crippen molar-refractivity contribution in [2.45, 2.75) is 64.4 Å². The predicted octanol–water partition coefficient (Wildman–Crippen LogP) is 5.42. The molecule has 2 aliphatic rings. The number of aromatic nitrogens is 4. The van der Waals surface area contributed by atoms with Gasteiger partial charge in [0.25, 0.3) is 5.88 Å². The lowest BCUT2D eigenvalue weighted by atomic mass is 10.0. The molecule has 0 spiro atoms. The van der Waals surface area contributed by atoms with E-state index in [2.05, 4.69) is 20.3 Å². The van der Waals surface area contributed by atoms with Gasteiger partial charge in [-0.05, 0) is 57.2 Å². The fraction of sp³-hybridized carbons (Fsp3) is 0.308. The van der Waals surface area contributed by atoms with Gasteiger partial charge in [0.05, 0.1) is 23.3 Å². The number of hydrogen-bond donors (Lipinski definition) is 1. The number of ether oxygens (including phenoxy) is 6. The summed E-state index contributed by atoms with van der Waals surface area (Å²) >= 11 is 0. The summed E-state index contributed by atoms with van der Waals surface area (Å²) in [5.74, 6) is -3.37. The highest BCUT2D eigenvalue weighted by Gasteiger charge is 2.65. The number of rotatable bonds is 10. The number of benzene rings is 3. The third-order valence-electron chi connectivity index (χ3n) is 8.90. The summed E-state index contributed by atoms with van der Waals surface area (Å²) in [6, 6.07) is 24.6. The normalized spacial score (nSPS) is 21.1. The maximum Gasteiger partial charge on any atom is 0.425 e. The molecule has 16 heteroatoms. The number of nitrogens with zero attached hydrogens (tertiary/aromatic N) is 5. The van der Waals surface area contributed by atoms with Crippen molar-refractivity contribution in [1.29, 1.82) is 0 Å². The lowest BCUT2D eigenvalue weighted by Crippen LogP contribution is -2.49. The fourth-order valence-corrected chi connectivity index (χ4v) is 6.53. The van der Waals surface area contributed by atoms with Crippen LogP contribution in [0.4, 0.5) is 22.1 Å². The third-order valence-corrected chi connectivity index (χ3v) is 8.90. The highest BCUT2D eigenvalue weighted by molar-refractivity contribution is 5.98. The maximum atomic E-state index is 14.1. The Labute approximate surface area is 315 Å². The van der Waals surface area contributed by atoms with Crippen LogP contribution in [0.2, 0.25) is 0 Å². The van der Waals surface area contributed by atoms with E-state index in [1.54, 1.807) is 86.6 Å². The van der Waals surface area contributed by atoms with Crippen LogP contribution in [-0.4, -0.2) is 80.8 Å². The first-order valence-corrected chi connectivity index (χ1v) is 17.4. The summed E-state index contributed by atoms with van der Waals surface area (Å²) in [5.41, 5.74) is 0.631. The first-order valence-electron chi connectivity index (χ1n) is 17.4. The summed E-state index contributed by atoms with van der Waals surface area (Å²) in [6.45, 7) is 7.15. The molecule has 0 aliphatic carbocycles. The molecule has 55 heavy (non-hydrogen) atoms. The number of carbonyl (C=O) groups excluding carboxylic acids is 4. The smallest absolute Gasteiger partial charge is 0.425 e. The Balaban J connectivity index is 1.30. The van der Waals surface area contributed by atoms with Gasteiger partial charge in [-0.2, -0.15) is 9.97 Å². The number of esters is 2. The van der Waals surface area contributed by atoms with E-state index in [1.165, 1.54) is 29.6 Å². The topological polar surface area (TPSA) is 183 Å². The van der Waals surface area contributed by atoms with Gasteiger partial charge in [0.1, 0.15) is 31.5 Å². The summed E-state index contributed by atoms with van der Waals surface area (Å²) in [6.07, 6.45) is -2.26. The van der Waals surface area contributed by atoms with Crippen molar-refractivity contribution in [3.05, 3.63) is 102 Å². The minimum atomic E-state index is -1.73. The Morgan fingerprint density at radius 2 is 1.51 bits per heavy atom. The largest absolute Gasteiger partial charge is 0.461 e. The first kappa shape index (κ1) is 37.1. The highest BCUT2D eigenvalue weighted by atomic mass is 16.8. The van der Waals surface area contributed by atoms with Crippen molar-refractivity contribution in [3.63, 3.8) is 0 Å². The molecule has 2 amide bonds. The molecule has 1 N–H and O–H groups in total. The molecular weight excluding hydrogens is 712 g/mol. The van der Waals surface area contributed by atoms with Crippen LogP contribution in [0.3, 0.4) is 0 Å². The average molecular weight is 751 g/mol. The Morgan fingerprint density at radius 1 is 0.855 bits per heavy atom. The maximum absolute atomic E-state index is 14.1. The monoisotopic (exact) mass is 750 g/mol. The standard InChI is InChI=1S/C39H38N6O10/c1-23-16-18-26(19-17-23)35(48)50-20-29-31-32(55-38(4,5)54-31)39(53-29,21-51-25(3)47)44-22-40-30-33(44)42-36(41-24(2)46)43-34(30)52-37(49)45(27-12-8-6-9-13-27)28-14-10-7-11-15-28/h6-19,22,29,31-32H,20-21H2,1-5H3,(H,41,42,43,46)/t29-,31-,32-,39-/m1/s1. The third kappa shape index (κ3) is 7.60. The van der Waals surface area contributed by atoms with E-state index in [-0.39, 0.29) is 29.6 Å². The second kappa shape index (κ2) is 14.9. The molecule has 7 rings (SSSR count). The zero-order valence-corrected chi connectivity index (χ0v) is 30.6. The SMILES string of the molecule is CC(=O)Nc1nc(OC(=O)N(c2ccccc2)c2ccccc2)c2ncn([C@]3(COC(C)=O)O[C@H](COC(=O)c4ccc(C)cc4)[C@H]4OC(C)(C)O[C@H]43)c2n1. The van der Waals surface area contributed by atoms with E-state index >= 15 is 0 Å². The van der Waals surface area contributed by atoms with E-state index < -0.39 is 60.4 Å². The van der Waals surface area contributed by atoms with Crippen molar-refractivity contribution in [2.24, 2.45) is 0 Å². The van der Waals surface area contributed by atoms with E-state index in [4.69, 9.17) is 28.4 Å². The molecule has 4 atom stereocenters. The van der Waals surface area contributed by atoms with Crippen LogP contribution in [0.25, 0.3) is 11.2 Å². The Bertz CT molecular complexity index is 2190. The number of para-hydroxylation sites is 2. The predicted molar refractivity (Wildman–Crippen MR) is 195 cm³/mol. The van der Waals surface area contributed by atoms with Crippen LogP contribution < -0.4 is 15.0 Å². The highest BCUT2D eigenvalue weighted by Crippen LogP contribution is 2.48. The summed E-state index contributed by atoms with van der Waals surface area (Å²) in [5, 5.41) is 2.55. The number of anilines is 3. The zero-order chi connectivity index (χ0) is 38.9. The Kier molecular flexibility index (Phi) is 10.0. The molecule has 0 unspecified atom stereocenters. The lowest BCUT2D eigenvalue weighted by Gasteiger charge is -2.35. The summed E-state index contributed by atoms with van der Waals surface area (Å²) < 4.78 is 38.1. The number of nitrogens with one attached hydrogen (secondary N) is 1. The Hall–Kier alpha value is -6.23. The molecule has 0 bridgehead atoms. The molecule has 2 aliphatic heterocycles. The molecule has 0 saturated carbocycles. The quantitative estimate of drug-likeness (QED) is 0.179. The van der Waals surface area contributed by atoms with Gasteiger partial charge in [-0.25, -0.2) is 19.5 Å². The molecule has 4 heterocycles. The van der Waals surface area contributed by atoms with E-state index in [0.29, 0.717) is 16.9 Å². The van der Waals surface area contributed by atoms with Crippen molar-refractivity contribution in [2.75, 3.05) is 23.4 Å². The van der Waals surface area contributed by atoms with Gasteiger partial charge in [-0.3, -0.25) is 19.5 Å². The minimum absolute atomic E-state index is 0.00157. The first-order chi connectivity index (χ1) is 26.3. The van der Waals surface area contributed by atoms with E-state index in [0.717, 1.165) is 5.56 Å². The zero-order valence-electron chi connectivity index (χ0n) is 30.6.